The minimum absolute atomic E-state index is 0.129. The van der Waals surface area contributed by atoms with Crippen LogP contribution in [0.25, 0.3) is 0 Å². The number of Topliss-reactive ketones (excluding diaryl/α,β-unsaturated/α-hetero) is 1. The second-order valence-corrected chi connectivity index (χ2v) is 2.95. The van der Waals surface area contributed by atoms with E-state index in [2.05, 4.69) is 0 Å². The molecule has 0 unspecified atom stereocenters. The molecule has 1 heterocycles. The van der Waals surface area contributed by atoms with E-state index in [-0.39, 0.29) is 11.8 Å². The van der Waals surface area contributed by atoms with Crippen LogP contribution in [-0.4, -0.2) is 42.9 Å². The molecule has 0 atom stereocenters. The molecule has 0 aromatic rings. The van der Waals surface area contributed by atoms with Gasteiger partial charge in [-0.05, 0) is 6.92 Å². The molecule has 1 saturated heterocycles. The largest absolute Gasteiger partial charge is 0.464 e. The highest BCUT2D eigenvalue weighted by atomic mass is 16.5. The fourth-order valence-electron chi connectivity index (χ4n) is 1.19. The number of nitrogens with zero attached hydrogens (tertiary/aromatic N) is 1. The van der Waals surface area contributed by atoms with Crippen LogP contribution in [0.1, 0.15) is 13.3 Å². The molecule has 4 nitrogen and oxygen atoms in total. The van der Waals surface area contributed by atoms with E-state index in [1.54, 1.807) is 6.92 Å². The predicted molar refractivity (Wildman–Crippen MR) is 42.7 cm³/mol. The van der Waals surface area contributed by atoms with Gasteiger partial charge in [0.15, 0.2) is 0 Å². The number of rotatable bonds is 2. The van der Waals surface area contributed by atoms with Crippen molar-refractivity contribution in [2.24, 2.45) is 0 Å². The number of cyclic esters (lactones) is 1. The first-order valence-electron chi connectivity index (χ1n) is 4.06. The minimum atomic E-state index is -0.166. The summed E-state index contributed by atoms with van der Waals surface area (Å²) in [6, 6.07) is 0. The van der Waals surface area contributed by atoms with Gasteiger partial charge in [0.1, 0.15) is 12.4 Å². The maximum Gasteiger partial charge on any atom is 0.307 e. The van der Waals surface area contributed by atoms with Crippen molar-refractivity contribution in [3.8, 4) is 0 Å². The summed E-state index contributed by atoms with van der Waals surface area (Å²) in [6.07, 6.45) is 0.396. The SMILES string of the molecule is CC(=O)CN1CCOC(=O)CC1. The molecular weight excluding hydrogens is 158 g/mol. The van der Waals surface area contributed by atoms with E-state index in [0.29, 0.717) is 32.7 Å². The molecular formula is C8H13NO3. The van der Waals surface area contributed by atoms with Crippen LogP contribution in [0.15, 0.2) is 0 Å². The van der Waals surface area contributed by atoms with Crippen LogP contribution in [0.2, 0.25) is 0 Å². The van der Waals surface area contributed by atoms with Crippen LogP contribution in [-0.2, 0) is 14.3 Å². The normalized spacial score (nSPS) is 19.9. The van der Waals surface area contributed by atoms with Crippen molar-refractivity contribution in [3.63, 3.8) is 0 Å². The van der Waals surface area contributed by atoms with Crippen molar-refractivity contribution in [2.45, 2.75) is 13.3 Å². The van der Waals surface area contributed by atoms with E-state index < -0.39 is 0 Å². The summed E-state index contributed by atoms with van der Waals surface area (Å²) in [5, 5.41) is 0. The van der Waals surface area contributed by atoms with Gasteiger partial charge in [0.25, 0.3) is 0 Å². The molecule has 0 bridgehead atoms. The number of hydrogen-bond acceptors (Lipinski definition) is 4. The van der Waals surface area contributed by atoms with Crippen LogP contribution in [0.3, 0.4) is 0 Å². The van der Waals surface area contributed by atoms with E-state index >= 15 is 0 Å². The first kappa shape index (κ1) is 9.19. The predicted octanol–water partition coefficient (Wildman–Crippen LogP) is -0.176. The number of esters is 1. The second-order valence-electron chi connectivity index (χ2n) is 2.95. The maximum atomic E-state index is 10.8. The summed E-state index contributed by atoms with van der Waals surface area (Å²) < 4.78 is 4.82. The van der Waals surface area contributed by atoms with E-state index in [9.17, 15) is 9.59 Å². The van der Waals surface area contributed by atoms with Crippen molar-refractivity contribution in [1.82, 2.24) is 4.90 Å². The zero-order valence-corrected chi connectivity index (χ0v) is 7.21. The zero-order chi connectivity index (χ0) is 8.97. The molecule has 0 saturated carbocycles. The van der Waals surface area contributed by atoms with E-state index in [0.717, 1.165) is 0 Å². The zero-order valence-electron chi connectivity index (χ0n) is 7.21. The Hall–Kier alpha value is -0.900. The Labute approximate surface area is 71.5 Å². The standard InChI is InChI=1S/C8H13NO3/c1-7(10)6-9-3-2-8(11)12-5-4-9/h2-6H2,1H3. The highest BCUT2D eigenvalue weighted by molar-refractivity contribution is 5.77. The van der Waals surface area contributed by atoms with Gasteiger partial charge in [-0.3, -0.25) is 14.5 Å². The molecule has 68 valence electrons. The molecule has 0 spiro atoms. The van der Waals surface area contributed by atoms with Gasteiger partial charge in [0.05, 0.1) is 13.0 Å². The van der Waals surface area contributed by atoms with Gasteiger partial charge < -0.3 is 4.74 Å². The second kappa shape index (κ2) is 4.21. The molecule has 4 heteroatoms. The van der Waals surface area contributed by atoms with Crippen LogP contribution in [0.5, 0.6) is 0 Å². The van der Waals surface area contributed by atoms with Crippen molar-refractivity contribution in [3.05, 3.63) is 0 Å². The Bertz CT molecular complexity index is 191. The molecule has 12 heavy (non-hydrogen) atoms. The number of hydrogen-bond donors (Lipinski definition) is 0. The lowest BCUT2D eigenvalue weighted by Gasteiger charge is -2.15. The monoisotopic (exact) mass is 171 g/mol. The summed E-state index contributed by atoms with van der Waals surface area (Å²) in [4.78, 5) is 23.5. The van der Waals surface area contributed by atoms with Gasteiger partial charge in [0, 0.05) is 13.1 Å². The highest BCUT2D eigenvalue weighted by Crippen LogP contribution is 1.99. The van der Waals surface area contributed by atoms with E-state index in [1.807, 2.05) is 4.90 Å². The summed E-state index contributed by atoms with van der Waals surface area (Å²) in [5.74, 6) is -0.0367. The minimum Gasteiger partial charge on any atom is -0.464 e. The van der Waals surface area contributed by atoms with Crippen LogP contribution >= 0.6 is 0 Å². The quantitative estimate of drug-likeness (QED) is 0.541. The third kappa shape index (κ3) is 3.00. The third-order valence-electron chi connectivity index (χ3n) is 1.75. The average molecular weight is 171 g/mol. The third-order valence-corrected chi connectivity index (χ3v) is 1.75. The first-order valence-corrected chi connectivity index (χ1v) is 4.06. The lowest BCUT2D eigenvalue weighted by Crippen LogP contribution is -2.30. The molecule has 0 N–H and O–H groups in total. The Morgan fingerprint density at radius 2 is 2.33 bits per heavy atom. The highest BCUT2D eigenvalue weighted by Gasteiger charge is 2.15. The molecule has 1 aliphatic rings. The first-order chi connectivity index (χ1) is 5.68. The lowest BCUT2D eigenvalue weighted by atomic mass is 10.3. The molecule has 0 aliphatic carbocycles. The van der Waals surface area contributed by atoms with Gasteiger partial charge >= 0.3 is 5.97 Å². The number of carbonyl (C=O) groups is 2. The number of carbonyl (C=O) groups excluding carboxylic acids is 2. The molecule has 1 aliphatic heterocycles. The van der Waals surface area contributed by atoms with E-state index in [1.165, 1.54) is 0 Å². The molecule has 1 rings (SSSR count). The molecule has 0 aromatic carbocycles. The average Bonchev–Trinajstić information content (AvgIpc) is 2.15. The van der Waals surface area contributed by atoms with E-state index in [4.69, 9.17) is 4.74 Å². The lowest BCUT2D eigenvalue weighted by molar-refractivity contribution is -0.142. The van der Waals surface area contributed by atoms with Gasteiger partial charge in [0.2, 0.25) is 0 Å². The van der Waals surface area contributed by atoms with Crippen molar-refractivity contribution < 1.29 is 14.3 Å². The van der Waals surface area contributed by atoms with Gasteiger partial charge in [-0.1, -0.05) is 0 Å². The van der Waals surface area contributed by atoms with Crippen molar-refractivity contribution in [2.75, 3.05) is 26.2 Å². The topological polar surface area (TPSA) is 46.6 Å². The fourth-order valence-corrected chi connectivity index (χ4v) is 1.19. The van der Waals surface area contributed by atoms with Gasteiger partial charge in [-0.15, -0.1) is 0 Å². The smallest absolute Gasteiger partial charge is 0.307 e. The summed E-state index contributed by atoms with van der Waals surface area (Å²) in [5.41, 5.74) is 0. The van der Waals surface area contributed by atoms with Gasteiger partial charge in [-0.2, -0.15) is 0 Å². The molecule has 0 aromatic heterocycles. The Morgan fingerprint density at radius 1 is 1.58 bits per heavy atom. The maximum absolute atomic E-state index is 10.8. The molecule has 0 amide bonds. The molecule has 0 radical (unpaired) electrons. The van der Waals surface area contributed by atoms with Gasteiger partial charge in [-0.25, -0.2) is 0 Å². The summed E-state index contributed by atoms with van der Waals surface area (Å²) >= 11 is 0. The van der Waals surface area contributed by atoms with Crippen molar-refractivity contribution >= 4 is 11.8 Å². The summed E-state index contributed by atoms with van der Waals surface area (Å²) in [6.45, 7) is 3.69. The fraction of sp³-hybridized carbons (Fsp3) is 0.750. The summed E-state index contributed by atoms with van der Waals surface area (Å²) in [7, 11) is 0. The Kier molecular flexibility index (Phi) is 3.22. The van der Waals surface area contributed by atoms with Crippen LogP contribution in [0, 0.1) is 0 Å². The number of ketones is 1. The molecule has 1 fully saturated rings. The Morgan fingerprint density at radius 3 is 3.00 bits per heavy atom. The van der Waals surface area contributed by atoms with Crippen LogP contribution < -0.4 is 0 Å². The number of ether oxygens (including phenoxy) is 1. The van der Waals surface area contributed by atoms with Crippen LogP contribution in [0.4, 0.5) is 0 Å². The Balaban J connectivity index is 2.35. The van der Waals surface area contributed by atoms with Crippen molar-refractivity contribution in [1.29, 1.82) is 0 Å².